The Balaban J connectivity index is 2.45. The van der Waals surface area contributed by atoms with Crippen LogP contribution in [-0.2, 0) is 9.84 Å². The van der Waals surface area contributed by atoms with Crippen LogP contribution in [0.25, 0.3) is 0 Å². The number of sulfone groups is 1. The highest BCUT2D eigenvalue weighted by Crippen LogP contribution is 2.29. The van der Waals surface area contributed by atoms with Crippen LogP contribution in [0.15, 0.2) is 0 Å². The second-order valence-corrected chi connectivity index (χ2v) is 8.28. The zero-order valence-electron chi connectivity index (χ0n) is 12.1. The van der Waals surface area contributed by atoms with E-state index < -0.39 is 9.84 Å². The molecule has 1 N–H and O–H groups in total. The van der Waals surface area contributed by atoms with Gasteiger partial charge in [0, 0.05) is 0 Å². The Bertz CT molecular complexity index is 325. The molecule has 0 amide bonds. The van der Waals surface area contributed by atoms with Crippen molar-refractivity contribution in [1.29, 1.82) is 0 Å². The fraction of sp³-hybridized carbons (Fsp3) is 1.00. The van der Waals surface area contributed by atoms with Crippen molar-refractivity contribution in [1.82, 2.24) is 5.32 Å². The summed E-state index contributed by atoms with van der Waals surface area (Å²) in [7, 11) is -2.73. The lowest BCUT2D eigenvalue weighted by Gasteiger charge is -2.23. The van der Waals surface area contributed by atoms with Crippen molar-refractivity contribution in [3.8, 4) is 0 Å². The van der Waals surface area contributed by atoms with E-state index in [1.54, 1.807) is 0 Å². The highest BCUT2D eigenvalue weighted by molar-refractivity contribution is 7.91. The predicted molar refractivity (Wildman–Crippen MR) is 77.5 cm³/mol. The summed E-state index contributed by atoms with van der Waals surface area (Å²) in [6, 6.07) is 0. The molecular formula is C14H29NO2S. The molecule has 2 atom stereocenters. The van der Waals surface area contributed by atoms with Gasteiger partial charge in [-0.05, 0) is 43.7 Å². The molecule has 0 aromatic carbocycles. The van der Waals surface area contributed by atoms with Crippen LogP contribution in [0.4, 0.5) is 0 Å². The third kappa shape index (κ3) is 5.70. The minimum absolute atomic E-state index is 0.390. The van der Waals surface area contributed by atoms with Crippen LogP contribution >= 0.6 is 0 Å². The maximum absolute atomic E-state index is 11.6. The quantitative estimate of drug-likeness (QED) is 0.740. The molecule has 0 saturated carbocycles. The number of hydrogen-bond acceptors (Lipinski definition) is 3. The predicted octanol–water partition coefficient (Wildman–Crippen LogP) is 2.47. The van der Waals surface area contributed by atoms with Gasteiger partial charge in [0.05, 0.1) is 11.5 Å². The topological polar surface area (TPSA) is 46.2 Å². The summed E-state index contributed by atoms with van der Waals surface area (Å²) in [6.07, 6.45) is 4.53. The van der Waals surface area contributed by atoms with E-state index in [4.69, 9.17) is 0 Å². The zero-order chi connectivity index (χ0) is 13.6. The van der Waals surface area contributed by atoms with Crippen LogP contribution in [0.1, 0.15) is 46.5 Å². The number of rotatable bonds is 8. The Morgan fingerprint density at radius 1 is 1.28 bits per heavy atom. The molecule has 1 aliphatic rings. The molecule has 0 radical (unpaired) electrons. The molecule has 0 spiro atoms. The summed E-state index contributed by atoms with van der Waals surface area (Å²) in [5.74, 6) is 2.51. The van der Waals surface area contributed by atoms with E-state index in [0.29, 0.717) is 23.3 Å². The van der Waals surface area contributed by atoms with E-state index in [-0.39, 0.29) is 0 Å². The Kier molecular flexibility index (Phi) is 6.64. The van der Waals surface area contributed by atoms with Gasteiger partial charge in [-0.3, -0.25) is 0 Å². The summed E-state index contributed by atoms with van der Waals surface area (Å²) in [5, 5.41) is 3.40. The van der Waals surface area contributed by atoms with Gasteiger partial charge in [-0.15, -0.1) is 0 Å². The third-order valence-electron chi connectivity index (χ3n) is 3.95. The largest absolute Gasteiger partial charge is 0.317 e. The van der Waals surface area contributed by atoms with Gasteiger partial charge in [0.2, 0.25) is 0 Å². The smallest absolute Gasteiger partial charge is 0.150 e. The van der Waals surface area contributed by atoms with Crippen LogP contribution in [0.2, 0.25) is 0 Å². The van der Waals surface area contributed by atoms with Gasteiger partial charge in [-0.25, -0.2) is 8.42 Å². The molecule has 2 unspecified atom stereocenters. The van der Waals surface area contributed by atoms with Crippen molar-refractivity contribution in [2.24, 2.45) is 17.8 Å². The molecular weight excluding hydrogens is 246 g/mol. The van der Waals surface area contributed by atoms with Crippen LogP contribution in [0.3, 0.4) is 0 Å². The molecule has 0 bridgehead atoms. The lowest BCUT2D eigenvalue weighted by atomic mass is 9.86. The van der Waals surface area contributed by atoms with E-state index in [0.717, 1.165) is 25.4 Å². The number of hydrogen-bond donors (Lipinski definition) is 1. The Labute approximate surface area is 113 Å². The second-order valence-electron chi connectivity index (χ2n) is 6.06. The molecule has 1 rings (SSSR count). The normalized spacial score (nSPS) is 24.6. The molecule has 18 heavy (non-hydrogen) atoms. The van der Waals surface area contributed by atoms with Gasteiger partial charge in [0.25, 0.3) is 0 Å². The van der Waals surface area contributed by atoms with E-state index in [9.17, 15) is 8.42 Å². The highest BCUT2D eigenvalue weighted by Gasteiger charge is 2.33. The molecule has 4 heteroatoms. The van der Waals surface area contributed by atoms with Gasteiger partial charge in [0.15, 0.2) is 9.84 Å². The summed E-state index contributed by atoms with van der Waals surface area (Å²) >= 11 is 0. The first-order valence-electron chi connectivity index (χ1n) is 7.35. The summed E-state index contributed by atoms with van der Waals surface area (Å²) in [4.78, 5) is 0. The maximum atomic E-state index is 11.6. The molecule has 108 valence electrons. The molecule has 1 aliphatic heterocycles. The first-order valence-corrected chi connectivity index (χ1v) is 9.18. The molecule has 1 fully saturated rings. The average molecular weight is 275 g/mol. The highest BCUT2D eigenvalue weighted by atomic mass is 32.2. The minimum atomic E-state index is -2.73. The van der Waals surface area contributed by atoms with E-state index >= 15 is 0 Å². The van der Waals surface area contributed by atoms with E-state index in [1.165, 1.54) is 19.3 Å². The van der Waals surface area contributed by atoms with Crippen LogP contribution in [0, 0.1) is 17.8 Å². The zero-order valence-corrected chi connectivity index (χ0v) is 12.9. The number of nitrogens with one attached hydrogen (secondary N) is 1. The molecule has 1 saturated heterocycles. The van der Waals surface area contributed by atoms with Gasteiger partial charge in [-0.1, -0.05) is 33.6 Å². The minimum Gasteiger partial charge on any atom is -0.317 e. The monoisotopic (exact) mass is 275 g/mol. The van der Waals surface area contributed by atoms with Crippen LogP contribution in [0.5, 0.6) is 0 Å². The third-order valence-corrected chi connectivity index (χ3v) is 5.74. The van der Waals surface area contributed by atoms with Crippen molar-refractivity contribution in [3.05, 3.63) is 0 Å². The lowest BCUT2D eigenvalue weighted by Crippen LogP contribution is -2.29. The first-order chi connectivity index (χ1) is 8.44. The molecule has 0 aromatic rings. The van der Waals surface area contributed by atoms with Gasteiger partial charge < -0.3 is 5.32 Å². The molecule has 0 aromatic heterocycles. The van der Waals surface area contributed by atoms with Crippen molar-refractivity contribution >= 4 is 9.84 Å². The van der Waals surface area contributed by atoms with Crippen molar-refractivity contribution in [2.75, 3.05) is 24.6 Å². The van der Waals surface area contributed by atoms with Crippen molar-refractivity contribution in [3.63, 3.8) is 0 Å². The van der Waals surface area contributed by atoms with Crippen molar-refractivity contribution < 1.29 is 8.42 Å². The molecule has 1 heterocycles. The van der Waals surface area contributed by atoms with Gasteiger partial charge in [0.1, 0.15) is 0 Å². The fourth-order valence-corrected chi connectivity index (χ4v) is 4.74. The SMILES string of the molecule is CCNCC(CCCC(C)C)C1CCS(=O)(=O)C1. The Hall–Kier alpha value is -0.0900. The molecule has 3 nitrogen and oxygen atoms in total. The lowest BCUT2D eigenvalue weighted by molar-refractivity contribution is 0.312. The maximum Gasteiger partial charge on any atom is 0.150 e. The Morgan fingerprint density at radius 3 is 2.50 bits per heavy atom. The standard InChI is InChI=1S/C14H29NO2S/c1-4-15-10-13(7-5-6-12(2)3)14-8-9-18(16,17)11-14/h12-15H,4-11H2,1-3H3. The summed E-state index contributed by atoms with van der Waals surface area (Å²) in [5.41, 5.74) is 0. The van der Waals surface area contributed by atoms with Gasteiger partial charge >= 0.3 is 0 Å². The summed E-state index contributed by atoms with van der Waals surface area (Å²) in [6.45, 7) is 8.56. The van der Waals surface area contributed by atoms with Crippen LogP contribution in [-0.4, -0.2) is 33.0 Å². The first kappa shape index (κ1) is 16.0. The average Bonchev–Trinajstić information content (AvgIpc) is 2.63. The Morgan fingerprint density at radius 2 is 2.00 bits per heavy atom. The fourth-order valence-electron chi connectivity index (χ4n) is 2.82. The second kappa shape index (κ2) is 7.49. The molecule has 0 aliphatic carbocycles. The van der Waals surface area contributed by atoms with Crippen LogP contribution < -0.4 is 5.32 Å². The van der Waals surface area contributed by atoms with E-state index in [1.807, 2.05) is 0 Å². The van der Waals surface area contributed by atoms with Crippen molar-refractivity contribution in [2.45, 2.75) is 46.5 Å². The summed E-state index contributed by atoms with van der Waals surface area (Å²) < 4.78 is 23.2. The van der Waals surface area contributed by atoms with Gasteiger partial charge in [-0.2, -0.15) is 0 Å². The van der Waals surface area contributed by atoms with E-state index in [2.05, 4.69) is 26.1 Å².